The van der Waals surface area contributed by atoms with E-state index in [0.29, 0.717) is 5.56 Å². The molecule has 4 nitrogen and oxygen atoms in total. The number of pyridine rings is 1. The molecule has 0 amide bonds. The van der Waals surface area contributed by atoms with Crippen LogP contribution in [0.25, 0.3) is 72.4 Å². The number of hydrogen-bond donors (Lipinski definition) is 0. The van der Waals surface area contributed by atoms with E-state index >= 15 is 0 Å². The number of fused-ring (bicyclic) bond motifs is 4. The van der Waals surface area contributed by atoms with Crippen molar-refractivity contribution in [3.05, 3.63) is 169 Å². The third-order valence-corrected chi connectivity index (χ3v) is 13.3. The van der Waals surface area contributed by atoms with Gasteiger partial charge in [0.1, 0.15) is 5.58 Å². The molecule has 0 saturated heterocycles. The summed E-state index contributed by atoms with van der Waals surface area (Å²) in [5, 5.41) is 2.17. The summed E-state index contributed by atoms with van der Waals surface area (Å²) in [4.78, 5) is 9.57. The minimum Gasteiger partial charge on any atom is -0.501 e. The zero-order valence-corrected chi connectivity index (χ0v) is 33.5. The molecule has 0 aliphatic rings. The third-order valence-electron chi connectivity index (χ3n) is 9.07. The Labute approximate surface area is 325 Å². The van der Waals surface area contributed by atoms with Crippen molar-refractivity contribution in [1.82, 2.24) is 14.5 Å². The van der Waals surface area contributed by atoms with E-state index in [1.165, 1.54) is 10.5 Å². The molecule has 9 rings (SSSR count). The summed E-state index contributed by atoms with van der Waals surface area (Å²) in [7, 11) is 0. The molecule has 0 atom stereocenters. The maximum Gasteiger partial charge on any atom is 0.120 e. The van der Waals surface area contributed by atoms with E-state index in [0.717, 1.165) is 72.4 Å². The summed E-state index contributed by atoms with van der Waals surface area (Å²) in [6.07, 6.45) is 1.95. The molecule has 6 heteroatoms. The normalized spacial score (nSPS) is 12.4. The summed E-state index contributed by atoms with van der Waals surface area (Å²) in [6.45, 7) is -2.08. The van der Waals surface area contributed by atoms with Gasteiger partial charge in [-0.15, -0.1) is 18.2 Å². The second-order valence-corrected chi connectivity index (χ2v) is 24.2. The standard InChI is InChI=1S/C31H19N2O.C15H18GeN.Ir/c1-2-11-21(12-3-1)22-13-4-7-18-27(22)33-28-19-8-6-17-26(28)32-31(33)25-16-10-15-24-23-14-5-9-20-29(23)34-30(24)25;1-12-5-7-13(8-6-12)15-10-9-14(11-17-15)16(2,3)4;/h1-15,17-20H;5-7,9-11H,1-4H3;/q2*-1;/i;1D3;. The number of aryl methyl sites for hydroxylation is 1. The Bertz CT molecular complexity index is 2680. The summed E-state index contributed by atoms with van der Waals surface area (Å²) in [5.41, 5.74) is 9.84. The summed E-state index contributed by atoms with van der Waals surface area (Å²) in [6, 6.07) is 54.9. The Morgan fingerprint density at radius 2 is 1.50 bits per heavy atom. The molecule has 1 radical (unpaired) electrons. The topological polar surface area (TPSA) is 43.9 Å². The first-order chi connectivity index (χ1) is 26.1. The zero-order chi connectivity index (χ0) is 37.5. The van der Waals surface area contributed by atoms with E-state index in [4.69, 9.17) is 13.5 Å². The van der Waals surface area contributed by atoms with Crippen LogP contribution in [0, 0.1) is 19.0 Å². The van der Waals surface area contributed by atoms with Gasteiger partial charge >= 0.3 is 110 Å². The van der Waals surface area contributed by atoms with E-state index in [1.807, 2.05) is 48.7 Å². The first-order valence-electron chi connectivity index (χ1n) is 18.5. The van der Waals surface area contributed by atoms with Crippen LogP contribution in [-0.4, -0.2) is 27.8 Å². The van der Waals surface area contributed by atoms with Crippen LogP contribution in [-0.2, 0) is 20.1 Å². The number of nitrogens with zero attached hydrogens (tertiary/aromatic N) is 3. The minimum absolute atomic E-state index is 0. The number of imidazole rings is 1. The molecule has 6 aromatic carbocycles. The van der Waals surface area contributed by atoms with Gasteiger partial charge in [-0.3, -0.25) is 4.98 Å². The molecule has 3 heterocycles. The molecule has 0 saturated carbocycles. The van der Waals surface area contributed by atoms with Crippen LogP contribution >= 0.6 is 0 Å². The van der Waals surface area contributed by atoms with Crippen LogP contribution < -0.4 is 4.40 Å². The predicted molar refractivity (Wildman–Crippen MR) is 214 cm³/mol. The smallest absolute Gasteiger partial charge is 0.120 e. The molecule has 0 spiro atoms. The van der Waals surface area contributed by atoms with E-state index < -0.39 is 20.1 Å². The van der Waals surface area contributed by atoms with Gasteiger partial charge in [-0.2, -0.15) is 0 Å². The van der Waals surface area contributed by atoms with Gasteiger partial charge < -0.3 is 8.98 Å². The Hall–Kier alpha value is -5.07. The van der Waals surface area contributed by atoms with E-state index in [1.54, 1.807) is 12.1 Å². The van der Waals surface area contributed by atoms with Crippen molar-refractivity contribution < 1.29 is 28.6 Å². The van der Waals surface area contributed by atoms with E-state index in [-0.39, 0.29) is 20.1 Å². The second kappa shape index (κ2) is 14.9. The van der Waals surface area contributed by atoms with Crippen molar-refractivity contribution in [2.75, 3.05) is 0 Å². The van der Waals surface area contributed by atoms with Crippen molar-refractivity contribution in [1.29, 1.82) is 0 Å². The number of hydrogen-bond acceptors (Lipinski definition) is 3. The molecule has 0 fully saturated rings. The van der Waals surface area contributed by atoms with Crippen molar-refractivity contribution in [2.24, 2.45) is 0 Å². The number of aromatic nitrogens is 3. The monoisotopic (exact) mass is 917 g/mol. The average molecular weight is 916 g/mol. The molecule has 0 aliphatic heterocycles. The van der Waals surface area contributed by atoms with Crippen molar-refractivity contribution in [3.8, 4) is 39.5 Å². The second-order valence-electron chi connectivity index (χ2n) is 13.5. The van der Waals surface area contributed by atoms with Crippen LogP contribution in [0.3, 0.4) is 0 Å². The maximum absolute atomic E-state index is 7.35. The first kappa shape index (κ1) is 31.7. The molecule has 0 aliphatic carbocycles. The number of furan rings is 1. The van der Waals surface area contributed by atoms with E-state index in [9.17, 15) is 0 Å². The SMILES string of the molecule is [2H]C([2H])([2H])c1c[c-]c(-c2cc[c]([Ge]([CH3])([CH3])[CH3])cn2)cc1.[Ir].[c-]1ccc2c(oc3ccccc32)c1-c1nc2ccccc2n1-c1ccccc1-c1ccccc1. The first-order valence-corrected chi connectivity index (χ1v) is 24.3. The number of para-hydroxylation sites is 4. The molecular weight excluding hydrogens is 875 g/mol. The van der Waals surface area contributed by atoms with Crippen molar-refractivity contribution >= 4 is 50.6 Å². The molecule has 0 N–H and O–H groups in total. The molecule has 0 bridgehead atoms. The largest absolute Gasteiger partial charge is 0.501 e. The predicted octanol–water partition coefficient (Wildman–Crippen LogP) is 11.5. The average Bonchev–Trinajstić information content (AvgIpc) is 3.77. The molecule has 52 heavy (non-hydrogen) atoms. The summed E-state index contributed by atoms with van der Waals surface area (Å²) in [5.74, 6) is 7.80. The van der Waals surface area contributed by atoms with Gasteiger partial charge in [-0.25, -0.2) is 0 Å². The van der Waals surface area contributed by atoms with Crippen LogP contribution in [0.5, 0.6) is 0 Å². The fourth-order valence-electron chi connectivity index (χ4n) is 6.41. The Morgan fingerprint density at radius 1 is 0.731 bits per heavy atom. The zero-order valence-electron chi connectivity index (χ0n) is 32.0. The summed E-state index contributed by atoms with van der Waals surface area (Å²) >= 11 is -1.83. The molecule has 257 valence electrons. The van der Waals surface area contributed by atoms with Gasteiger partial charge in [-0.05, 0) is 29.8 Å². The van der Waals surface area contributed by atoms with Gasteiger partial charge in [0.25, 0.3) is 0 Å². The Kier molecular flexibility index (Phi) is 9.06. The van der Waals surface area contributed by atoms with Crippen LogP contribution in [0.15, 0.2) is 156 Å². The fraction of sp³-hybridized carbons (Fsp3) is 0.0870. The van der Waals surface area contributed by atoms with Crippen LogP contribution in [0.2, 0.25) is 17.3 Å². The van der Waals surface area contributed by atoms with Gasteiger partial charge in [0.05, 0.1) is 22.4 Å². The quantitative estimate of drug-likeness (QED) is 0.128. The molecule has 3 aromatic heterocycles. The van der Waals surface area contributed by atoms with E-state index in [2.05, 4.69) is 124 Å². The summed E-state index contributed by atoms with van der Waals surface area (Å²) < 4.78 is 32.0. The Balaban J connectivity index is 0.000000191. The Morgan fingerprint density at radius 3 is 2.27 bits per heavy atom. The maximum atomic E-state index is 7.35. The van der Waals surface area contributed by atoms with Gasteiger partial charge in [-0.1, -0.05) is 89.8 Å². The molecule has 0 unspecified atom stereocenters. The van der Waals surface area contributed by atoms with Crippen molar-refractivity contribution in [3.63, 3.8) is 0 Å². The number of benzene rings is 6. The van der Waals surface area contributed by atoms with Gasteiger partial charge in [0.2, 0.25) is 0 Å². The number of rotatable bonds is 5. The van der Waals surface area contributed by atoms with Crippen molar-refractivity contribution in [2.45, 2.75) is 24.1 Å². The van der Waals surface area contributed by atoms with Crippen LogP contribution in [0.1, 0.15) is 9.68 Å². The fourth-order valence-corrected chi connectivity index (χ4v) is 8.58. The van der Waals surface area contributed by atoms with Gasteiger partial charge in [0.15, 0.2) is 0 Å². The molecule has 9 aromatic rings. The third kappa shape index (κ3) is 6.92. The molecular formula is C46H37GeIrN3O-2. The van der Waals surface area contributed by atoms with Crippen LogP contribution in [0.4, 0.5) is 0 Å². The minimum atomic E-state index is -2.08. The van der Waals surface area contributed by atoms with Gasteiger partial charge in [0, 0.05) is 36.7 Å².